The molecule has 0 saturated heterocycles. The molecule has 0 aliphatic heterocycles. The number of halogens is 1. The van der Waals surface area contributed by atoms with Gasteiger partial charge in [-0.15, -0.1) is 0 Å². The van der Waals surface area contributed by atoms with Crippen LogP contribution in [-0.2, 0) is 26.2 Å². The van der Waals surface area contributed by atoms with Crippen molar-refractivity contribution in [1.82, 2.24) is 10.2 Å². The molecule has 38 heavy (non-hydrogen) atoms. The Bertz CT molecular complexity index is 1370. The van der Waals surface area contributed by atoms with Crippen molar-refractivity contribution in [2.75, 3.05) is 10.8 Å². The Balaban J connectivity index is 2.04. The second-order valence-electron chi connectivity index (χ2n) is 9.22. The fraction of sp³-hybridized carbons (Fsp3) is 0.310. The maximum atomic E-state index is 13.9. The van der Waals surface area contributed by atoms with Gasteiger partial charge in [0.15, 0.2) is 0 Å². The molecule has 3 aromatic rings. The van der Waals surface area contributed by atoms with Crippen molar-refractivity contribution in [3.63, 3.8) is 0 Å². The Morgan fingerprint density at radius 3 is 2.16 bits per heavy atom. The summed E-state index contributed by atoms with van der Waals surface area (Å²) in [7, 11) is -4.10. The van der Waals surface area contributed by atoms with E-state index >= 15 is 0 Å². The van der Waals surface area contributed by atoms with E-state index in [4.69, 9.17) is 11.6 Å². The number of carbonyl (C=O) groups is 2. The molecular weight excluding hydrogens is 522 g/mol. The first-order valence-corrected chi connectivity index (χ1v) is 14.3. The first-order valence-electron chi connectivity index (χ1n) is 12.5. The molecule has 0 saturated carbocycles. The summed E-state index contributed by atoms with van der Waals surface area (Å²) in [6.07, 6.45) is 0.729. The average molecular weight is 556 g/mol. The number of carbonyl (C=O) groups excluding carboxylic acids is 2. The number of nitrogens with zero attached hydrogens (tertiary/aromatic N) is 2. The second-order valence-corrected chi connectivity index (χ2v) is 11.5. The van der Waals surface area contributed by atoms with E-state index < -0.39 is 28.5 Å². The van der Waals surface area contributed by atoms with Crippen LogP contribution in [0.25, 0.3) is 0 Å². The lowest BCUT2D eigenvalue weighted by Gasteiger charge is -2.33. The summed E-state index contributed by atoms with van der Waals surface area (Å²) in [5, 5.41) is 3.37. The molecule has 0 fully saturated rings. The van der Waals surface area contributed by atoms with Crippen molar-refractivity contribution in [3.05, 3.63) is 95.0 Å². The largest absolute Gasteiger partial charge is 0.352 e. The molecule has 2 amide bonds. The monoisotopic (exact) mass is 555 g/mol. The van der Waals surface area contributed by atoms with Crippen LogP contribution in [-0.4, -0.2) is 43.8 Å². The second kappa shape index (κ2) is 12.9. The van der Waals surface area contributed by atoms with Crippen LogP contribution in [0.2, 0.25) is 5.02 Å². The van der Waals surface area contributed by atoms with E-state index in [0.29, 0.717) is 21.8 Å². The van der Waals surface area contributed by atoms with Gasteiger partial charge in [-0.1, -0.05) is 73.1 Å². The van der Waals surface area contributed by atoms with E-state index in [9.17, 15) is 18.0 Å². The van der Waals surface area contributed by atoms with Crippen LogP contribution < -0.4 is 9.62 Å². The minimum Gasteiger partial charge on any atom is -0.352 e. The summed E-state index contributed by atoms with van der Waals surface area (Å²) >= 11 is 6.39. The molecule has 0 aliphatic rings. The van der Waals surface area contributed by atoms with Crippen molar-refractivity contribution in [2.45, 2.75) is 57.6 Å². The summed E-state index contributed by atoms with van der Waals surface area (Å²) in [4.78, 5) is 28.5. The van der Waals surface area contributed by atoms with Gasteiger partial charge in [0.2, 0.25) is 11.8 Å². The Morgan fingerprint density at radius 2 is 1.53 bits per heavy atom. The van der Waals surface area contributed by atoms with E-state index in [-0.39, 0.29) is 23.4 Å². The Kier molecular flexibility index (Phi) is 9.94. The maximum Gasteiger partial charge on any atom is 0.264 e. The van der Waals surface area contributed by atoms with Gasteiger partial charge < -0.3 is 10.2 Å². The third-order valence-electron chi connectivity index (χ3n) is 6.46. The van der Waals surface area contributed by atoms with E-state index in [0.717, 1.165) is 10.7 Å². The smallest absolute Gasteiger partial charge is 0.264 e. The number of nitrogens with one attached hydrogen (secondary N) is 1. The SMILES string of the molecule is CC[C@H](C)NC(=O)[C@H](C)N(Cc1ccccc1Cl)C(=O)CN(c1ccccc1C)S(=O)(=O)c1ccccc1. The van der Waals surface area contributed by atoms with Crippen LogP contribution in [0.1, 0.15) is 38.3 Å². The van der Waals surface area contributed by atoms with E-state index in [2.05, 4.69) is 5.32 Å². The molecule has 7 nitrogen and oxygen atoms in total. The van der Waals surface area contributed by atoms with Gasteiger partial charge in [-0.2, -0.15) is 0 Å². The molecule has 1 N–H and O–H groups in total. The quantitative estimate of drug-likeness (QED) is 0.353. The van der Waals surface area contributed by atoms with E-state index in [1.54, 1.807) is 80.6 Å². The first kappa shape index (κ1) is 29.2. The molecule has 0 heterocycles. The molecule has 0 aromatic heterocycles. The van der Waals surface area contributed by atoms with Crippen molar-refractivity contribution in [3.8, 4) is 0 Å². The summed E-state index contributed by atoms with van der Waals surface area (Å²) < 4.78 is 28.7. The van der Waals surface area contributed by atoms with Crippen LogP contribution in [0.5, 0.6) is 0 Å². The van der Waals surface area contributed by atoms with Gasteiger partial charge in [0, 0.05) is 17.6 Å². The number of aryl methyl sites for hydroxylation is 1. The van der Waals surface area contributed by atoms with Gasteiger partial charge in [0.25, 0.3) is 10.0 Å². The lowest BCUT2D eigenvalue weighted by Crippen LogP contribution is -2.52. The molecule has 0 spiro atoms. The Hall–Kier alpha value is -3.36. The lowest BCUT2D eigenvalue weighted by atomic mass is 10.1. The summed E-state index contributed by atoms with van der Waals surface area (Å²) in [6, 6.07) is 21.1. The van der Waals surface area contributed by atoms with Crippen LogP contribution in [0.4, 0.5) is 5.69 Å². The Morgan fingerprint density at radius 1 is 0.921 bits per heavy atom. The zero-order valence-electron chi connectivity index (χ0n) is 22.1. The van der Waals surface area contributed by atoms with Crippen LogP contribution in [0.15, 0.2) is 83.8 Å². The minimum absolute atomic E-state index is 0.0423. The highest BCUT2D eigenvalue weighted by atomic mass is 35.5. The third-order valence-corrected chi connectivity index (χ3v) is 8.60. The molecule has 0 aliphatic carbocycles. The number of hydrogen-bond donors (Lipinski definition) is 1. The van der Waals surface area contributed by atoms with Gasteiger partial charge in [-0.25, -0.2) is 8.42 Å². The molecule has 202 valence electrons. The topological polar surface area (TPSA) is 86.8 Å². The van der Waals surface area contributed by atoms with E-state index in [1.165, 1.54) is 17.0 Å². The summed E-state index contributed by atoms with van der Waals surface area (Å²) in [5.41, 5.74) is 1.73. The average Bonchev–Trinajstić information content (AvgIpc) is 2.91. The number of para-hydroxylation sites is 1. The zero-order valence-corrected chi connectivity index (χ0v) is 23.7. The number of anilines is 1. The summed E-state index contributed by atoms with van der Waals surface area (Å²) in [5.74, 6) is -0.854. The normalized spacial score (nSPS) is 12.9. The first-order chi connectivity index (χ1) is 18.1. The molecule has 0 unspecified atom stereocenters. The van der Waals surface area contributed by atoms with Gasteiger partial charge in [-0.3, -0.25) is 13.9 Å². The minimum atomic E-state index is -4.10. The number of hydrogen-bond acceptors (Lipinski definition) is 4. The number of sulfonamides is 1. The highest BCUT2D eigenvalue weighted by molar-refractivity contribution is 7.92. The molecular formula is C29H34ClN3O4S. The fourth-order valence-corrected chi connectivity index (χ4v) is 5.63. The van der Waals surface area contributed by atoms with E-state index in [1.807, 2.05) is 13.8 Å². The number of benzene rings is 3. The molecule has 9 heteroatoms. The van der Waals surface area contributed by atoms with Crippen molar-refractivity contribution < 1.29 is 18.0 Å². The number of amides is 2. The highest BCUT2D eigenvalue weighted by Crippen LogP contribution is 2.27. The highest BCUT2D eigenvalue weighted by Gasteiger charge is 2.33. The van der Waals surface area contributed by atoms with Crippen LogP contribution in [0.3, 0.4) is 0 Å². The van der Waals surface area contributed by atoms with Crippen LogP contribution in [0, 0.1) is 6.92 Å². The van der Waals surface area contributed by atoms with Crippen LogP contribution >= 0.6 is 11.6 Å². The molecule has 3 rings (SSSR count). The van der Waals surface area contributed by atoms with Gasteiger partial charge in [0.05, 0.1) is 10.6 Å². The predicted molar refractivity (Wildman–Crippen MR) is 152 cm³/mol. The molecule has 0 radical (unpaired) electrons. The standard InChI is InChI=1S/C29H34ClN3O4S/c1-5-22(3)31-29(35)23(4)32(19-24-14-10-11-17-26(24)30)28(34)20-33(27-18-12-9-13-21(27)2)38(36,37)25-15-7-6-8-16-25/h6-18,22-23H,5,19-20H2,1-4H3,(H,31,35)/t22-,23-/m0/s1. The molecule has 3 aromatic carbocycles. The van der Waals surface area contributed by atoms with Gasteiger partial charge in [0.1, 0.15) is 12.6 Å². The maximum absolute atomic E-state index is 13.9. The Labute approximate surface area is 230 Å². The fourth-order valence-electron chi connectivity index (χ4n) is 3.93. The third kappa shape index (κ3) is 6.94. The number of rotatable bonds is 11. The predicted octanol–water partition coefficient (Wildman–Crippen LogP) is 5.18. The lowest BCUT2D eigenvalue weighted by molar-refractivity contribution is -0.139. The summed E-state index contributed by atoms with van der Waals surface area (Å²) in [6.45, 7) is 6.81. The van der Waals surface area contributed by atoms with Gasteiger partial charge >= 0.3 is 0 Å². The zero-order chi connectivity index (χ0) is 27.9. The van der Waals surface area contributed by atoms with Gasteiger partial charge in [-0.05, 0) is 62.6 Å². The van der Waals surface area contributed by atoms with Crippen molar-refractivity contribution >= 4 is 39.1 Å². The molecule has 2 atom stereocenters. The molecule has 0 bridgehead atoms. The van der Waals surface area contributed by atoms with Crippen molar-refractivity contribution in [2.24, 2.45) is 0 Å². The van der Waals surface area contributed by atoms with Crippen molar-refractivity contribution in [1.29, 1.82) is 0 Å².